The molecule has 0 saturated carbocycles. The van der Waals surface area contributed by atoms with Crippen LogP contribution in [0.2, 0.25) is 0 Å². The van der Waals surface area contributed by atoms with E-state index >= 15 is 0 Å². The number of carbonyl (C=O) groups excluding carboxylic acids is 2. The molecule has 1 saturated heterocycles. The van der Waals surface area contributed by atoms with E-state index in [0.29, 0.717) is 25.2 Å². The first-order valence-electron chi connectivity index (χ1n) is 6.91. The fourth-order valence-corrected chi connectivity index (χ4v) is 4.03. The molecule has 1 fully saturated rings. The number of esters is 1. The zero-order valence-corrected chi connectivity index (χ0v) is 17.2. The zero-order valence-electron chi connectivity index (χ0n) is 12.4. The summed E-state index contributed by atoms with van der Waals surface area (Å²) in [5.41, 5.74) is -0.951. The molecule has 4 nitrogen and oxygen atoms in total. The van der Waals surface area contributed by atoms with Crippen LogP contribution in [-0.2, 0) is 20.9 Å². The molecule has 1 aromatic rings. The molecule has 0 radical (unpaired) electrons. The number of halogens is 3. The van der Waals surface area contributed by atoms with Crippen molar-refractivity contribution in [1.29, 1.82) is 0 Å². The number of ketones is 1. The predicted molar refractivity (Wildman–Crippen MR) is 84.6 cm³/mol. The minimum Gasteiger partial charge on any atom is -1.00 e. The van der Waals surface area contributed by atoms with Crippen molar-refractivity contribution in [3.63, 3.8) is 0 Å². The molecule has 22 heavy (non-hydrogen) atoms. The predicted octanol–water partition coefficient (Wildman–Crippen LogP) is 0.194. The Balaban J connectivity index is 0.00000242. The Morgan fingerprint density at radius 2 is 1.95 bits per heavy atom. The van der Waals surface area contributed by atoms with E-state index in [1.807, 2.05) is 32.3 Å². The van der Waals surface area contributed by atoms with Crippen LogP contribution < -0.4 is 21.5 Å². The number of carbonyl (C=O) groups is 2. The van der Waals surface area contributed by atoms with Gasteiger partial charge in [0.15, 0.2) is 18.0 Å². The first kappa shape index (κ1) is 19.8. The smallest absolute Gasteiger partial charge is 0.306 e. The molecule has 2 rings (SSSR count). The monoisotopic (exact) mass is 497 g/mol. The first-order valence-corrected chi connectivity index (χ1v) is 8.49. The number of cyclic esters (lactones) is 1. The lowest BCUT2D eigenvalue weighted by molar-refractivity contribution is -0.686. The molecule has 0 spiro atoms. The van der Waals surface area contributed by atoms with Crippen LogP contribution >= 0.6 is 31.9 Å². The molecular weight excluding hydrogens is 482 g/mol. The summed E-state index contributed by atoms with van der Waals surface area (Å²) in [5.74, 6) is -0.0273. The van der Waals surface area contributed by atoms with Crippen LogP contribution in [0.15, 0.2) is 27.4 Å². The van der Waals surface area contributed by atoms with E-state index in [4.69, 9.17) is 4.74 Å². The van der Waals surface area contributed by atoms with Gasteiger partial charge in [-0.25, -0.2) is 0 Å². The van der Waals surface area contributed by atoms with Crippen LogP contribution in [-0.4, -0.2) is 17.4 Å². The number of aromatic nitrogens is 1. The first-order chi connectivity index (χ1) is 9.80. The number of hydrogen-bond donors (Lipinski definition) is 0. The zero-order chi connectivity index (χ0) is 15.6. The topological polar surface area (TPSA) is 47.2 Å². The van der Waals surface area contributed by atoms with Crippen LogP contribution in [0.4, 0.5) is 0 Å². The normalized spacial score (nSPS) is 20.7. The van der Waals surface area contributed by atoms with Gasteiger partial charge in [-0.1, -0.05) is 13.8 Å². The summed E-state index contributed by atoms with van der Waals surface area (Å²) in [6, 6.07) is 1.90. The maximum atomic E-state index is 12.7. The fraction of sp³-hybridized carbons (Fsp3) is 0.533. The van der Waals surface area contributed by atoms with E-state index in [9.17, 15) is 9.59 Å². The summed E-state index contributed by atoms with van der Waals surface area (Å²) in [5, 5.41) is 0. The van der Waals surface area contributed by atoms with Crippen LogP contribution in [0.1, 0.15) is 33.1 Å². The molecule has 1 aliphatic heterocycles. The molecular formula is C15H18Br3NO3. The lowest BCUT2D eigenvalue weighted by Gasteiger charge is -2.26. The lowest BCUT2D eigenvalue weighted by atomic mass is 9.86. The third kappa shape index (κ3) is 4.86. The standard InChI is InChI=1S/C15H18Br2NO3.BrH/c1-10(2)6-15(4-3-14(20)21-15)13(19)9-18-7-11(16)5-12(17)8-18;/h5,7-8,10H,3-4,6,9H2,1-2H3;1H/q+1;/p-1. The highest BCUT2D eigenvalue weighted by Gasteiger charge is 2.48. The van der Waals surface area contributed by atoms with Crippen molar-refractivity contribution in [1.82, 2.24) is 0 Å². The fourth-order valence-electron chi connectivity index (χ4n) is 2.70. The van der Waals surface area contributed by atoms with Gasteiger partial charge in [-0.05, 0) is 50.3 Å². The average Bonchev–Trinajstić information content (AvgIpc) is 2.69. The van der Waals surface area contributed by atoms with Gasteiger partial charge in [0.2, 0.25) is 12.3 Å². The molecule has 2 heterocycles. The highest BCUT2D eigenvalue weighted by atomic mass is 79.9. The Bertz CT molecular complexity index is 557. The van der Waals surface area contributed by atoms with Gasteiger partial charge in [-0.15, -0.1) is 0 Å². The van der Waals surface area contributed by atoms with Gasteiger partial charge in [-0.2, -0.15) is 4.57 Å². The van der Waals surface area contributed by atoms with Gasteiger partial charge < -0.3 is 21.7 Å². The van der Waals surface area contributed by atoms with Crippen molar-refractivity contribution in [3.8, 4) is 0 Å². The molecule has 0 aromatic carbocycles. The Labute approximate surface area is 157 Å². The molecule has 7 heteroatoms. The molecule has 0 amide bonds. The molecule has 1 aliphatic rings. The number of ether oxygens (including phenoxy) is 1. The highest BCUT2D eigenvalue weighted by molar-refractivity contribution is 9.11. The van der Waals surface area contributed by atoms with Crippen LogP contribution in [0.25, 0.3) is 0 Å². The number of pyridine rings is 1. The quantitative estimate of drug-likeness (QED) is 0.429. The number of rotatable bonds is 5. The molecule has 1 unspecified atom stereocenters. The molecule has 0 N–H and O–H groups in total. The van der Waals surface area contributed by atoms with Crippen molar-refractivity contribution in [2.24, 2.45) is 5.92 Å². The third-order valence-electron chi connectivity index (χ3n) is 3.47. The second-order valence-electron chi connectivity index (χ2n) is 5.83. The van der Waals surface area contributed by atoms with Crippen molar-refractivity contribution >= 4 is 43.6 Å². The summed E-state index contributed by atoms with van der Waals surface area (Å²) < 4.78 is 8.99. The largest absolute Gasteiger partial charge is 1.00 e. The van der Waals surface area contributed by atoms with Crippen LogP contribution in [0.5, 0.6) is 0 Å². The van der Waals surface area contributed by atoms with Crippen LogP contribution in [0, 0.1) is 5.92 Å². The van der Waals surface area contributed by atoms with Gasteiger partial charge in [0.25, 0.3) is 0 Å². The van der Waals surface area contributed by atoms with E-state index in [2.05, 4.69) is 31.9 Å². The molecule has 1 atom stereocenters. The Kier molecular flexibility index (Phi) is 7.20. The minimum absolute atomic E-state index is 0. The average molecular weight is 500 g/mol. The number of hydrogen-bond acceptors (Lipinski definition) is 3. The number of Topliss-reactive ketones (excluding diaryl/α,β-unsaturated/α-hetero) is 1. The molecule has 122 valence electrons. The second-order valence-corrected chi connectivity index (χ2v) is 7.67. The SMILES string of the molecule is CC(C)CC1(C(=O)C[n+]2cc(Br)cc(Br)c2)CCC(=O)O1.[Br-]. The molecule has 0 bridgehead atoms. The van der Waals surface area contributed by atoms with Crippen molar-refractivity contribution in [3.05, 3.63) is 27.4 Å². The Morgan fingerprint density at radius 3 is 2.41 bits per heavy atom. The van der Waals surface area contributed by atoms with Crippen molar-refractivity contribution < 1.29 is 35.9 Å². The van der Waals surface area contributed by atoms with E-state index < -0.39 is 5.60 Å². The van der Waals surface area contributed by atoms with Crippen LogP contribution in [0.3, 0.4) is 0 Å². The lowest BCUT2D eigenvalue weighted by Crippen LogP contribution is -3.00. The maximum absolute atomic E-state index is 12.7. The molecule has 1 aromatic heterocycles. The van der Waals surface area contributed by atoms with Gasteiger partial charge in [-0.3, -0.25) is 9.59 Å². The second kappa shape index (κ2) is 8.02. The maximum Gasteiger partial charge on any atom is 0.306 e. The van der Waals surface area contributed by atoms with E-state index in [-0.39, 0.29) is 35.3 Å². The van der Waals surface area contributed by atoms with Gasteiger partial charge >= 0.3 is 5.97 Å². The highest BCUT2D eigenvalue weighted by Crippen LogP contribution is 2.34. The third-order valence-corrected chi connectivity index (χ3v) is 4.34. The molecule has 0 aliphatic carbocycles. The van der Waals surface area contributed by atoms with E-state index in [1.165, 1.54) is 0 Å². The Hall–Kier alpha value is -0.270. The van der Waals surface area contributed by atoms with Gasteiger partial charge in [0.05, 0.1) is 8.95 Å². The van der Waals surface area contributed by atoms with Gasteiger partial charge in [0, 0.05) is 12.8 Å². The van der Waals surface area contributed by atoms with Crippen molar-refractivity contribution in [2.75, 3.05) is 0 Å². The summed E-state index contributed by atoms with van der Waals surface area (Å²) in [4.78, 5) is 24.2. The van der Waals surface area contributed by atoms with Gasteiger partial charge in [0.1, 0.15) is 0 Å². The summed E-state index contributed by atoms with van der Waals surface area (Å²) >= 11 is 6.80. The minimum atomic E-state index is -0.951. The summed E-state index contributed by atoms with van der Waals surface area (Å²) in [6.07, 6.45) is 5.06. The van der Waals surface area contributed by atoms with E-state index in [1.54, 1.807) is 4.57 Å². The summed E-state index contributed by atoms with van der Waals surface area (Å²) in [7, 11) is 0. The van der Waals surface area contributed by atoms with Crippen molar-refractivity contribution in [2.45, 2.75) is 45.3 Å². The Morgan fingerprint density at radius 1 is 1.36 bits per heavy atom. The van der Waals surface area contributed by atoms with E-state index in [0.717, 1.165) is 8.95 Å². The number of nitrogens with zero attached hydrogens (tertiary/aromatic N) is 1. The summed E-state index contributed by atoms with van der Waals surface area (Å²) in [6.45, 7) is 4.26.